The first kappa shape index (κ1) is 25.7. The van der Waals surface area contributed by atoms with Gasteiger partial charge in [-0.3, -0.25) is 8.74 Å². The highest BCUT2D eigenvalue weighted by Crippen LogP contribution is 2.67. The molecule has 1 N–H and O–H groups in total. The second-order valence-electron chi connectivity index (χ2n) is 12.4. The van der Waals surface area contributed by atoms with Crippen molar-refractivity contribution in [2.24, 2.45) is 40.4 Å². The molecule has 4 aliphatic rings. The summed E-state index contributed by atoms with van der Waals surface area (Å²) >= 11 is -2.25. The van der Waals surface area contributed by atoms with E-state index < -0.39 is 29.1 Å². The van der Waals surface area contributed by atoms with Crippen LogP contribution < -0.4 is 0 Å². The first-order chi connectivity index (χ1) is 15.3. The molecule has 4 aliphatic carbocycles. The van der Waals surface area contributed by atoms with E-state index in [-0.39, 0.29) is 17.3 Å². The number of hydrogen-bond acceptors (Lipinski definition) is 2. The molecule has 0 radical (unpaired) electrons. The van der Waals surface area contributed by atoms with Gasteiger partial charge in [0.2, 0.25) is 0 Å². The van der Waals surface area contributed by atoms with Crippen LogP contribution >= 0.6 is 0 Å². The number of halogens is 3. The summed E-state index contributed by atoms with van der Waals surface area (Å²) in [5, 5.41) is 0. The highest BCUT2D eigenvalue weighted by atomic mass is 32.2. The molecule has 190 valence electrons. The van der Waals surface area contributed by atoms with Crippen LogP contribution in [0.15, 0.2) is 11.6 Å². The van der Waals surface area contributed by atoms with Crippen LogP contribution in [-0.4, -0.2) is 20.5 Å². The Labute approximate surface area is 199 Å². The van der Waals surface area contributed by atoms with Gasteiger partial charge in [-0.1, -0.05) is 38.8 Å². The molecule has 3 nitrogen and oxygen atoms in total. The second kappa shape index (κ2) is 8.92. The highest BCUT2D eigenvalue weighted by Gasteiger charge is 2.59. The lowest BCUT2D eigenvalue weighted by atomic mass is 9.46. The van der Waals surface area contributed by atoms with E-state index in [1.54, 1.807) is 0 Å². The Bertz CT molecular complexity index is 798. The molecule has 0 aromatic heterocycles. The van der Waals surface area contributed by atoms with Gasteiger partial charge in [0.1, 0.15) is 0 Å². The Hall–Kier alpha value is -0.400. The van der Waals surface area contributed by atoms with Gasteiger partial charge in [-0.05, 0) is 106 Å². The van der Waals surface area contributed by atoms with Crippen molar-refractivity contribution in [1.29, 1.82) is 0 Å². The van der Waals surface area contributed by atoms with E-state index in [1.807, 2.05) is 6.92 Å². The van der Waals surface area contributed by atoms with Gasteiger partial charge in [0.25, 0.3) is 0 Å². The SMILES string of the molecule is CC(CCCC1CCC2C3CC=C4C[C@@](C)(OS(=O)O)CCC4(C)C3CCC12C)C(F)(F)F. The van der Waals surface area contributed by atoms with Crippen molar-refractivity contribution in [3.63, 3.8) is 0 Å². The maximum absolute atomic E-state index is 12.9. The van der Waals surface area contributed by atoms with E-state index in [9.17, 15) is 21.9 Å². The summed E-state index contributed by atoms with van der Waals surface area (Å²) in [4.78, 5) is 0. The fourth-order valence-electron chi connectivity index (χ4n) is 8.45. The summed E-state index contributed by atoms with van der Waals surface area (Å²) in [6, 6.07) is 0. The van der Waals surface area contributed by atoms with Crippen LogP contribution in [0.1, 0.15) is 98.3 Å². The van der Waals surface area contributed by atoms with Crippen molar-refractivity contribution in [2.75, 3.05) is 0 Å². The lowest BCUT2D eigenvalue weighted by Crippen LogP contribution is -2.52. The largest absolute Gasteiger partial charge is 0.391 e. The van der Waals surface area contributed by atoms with Crippen molar-refractivity contribution >= 4 is 11.4 Å². The van der Waals surface area contributed by atoms with E-state index >= 15 is 0 Å². The highest BCUT2D eigenvalue weighted by molar-refractivity contribution is 7.74. The van der Waals surface area contributed by atoms with Gasteiger partial charge >= 0.3 is 17.5 Å². The summed E-state index contributed by atoms with van der Waals surface area (Å²) in [6.45, 7) is 8.10. The van der Waals surface area contributed by atoms with Gasteiger partial charge in [0, 0.05) is 0 Å². The zero-order valence-corrected chi connectivity index (χ0v) is 21.4. The average Bonchev–Trinajstić information content (AvgIpc) is 3.04. The van der Waals surface area contributed by atoms with Crippen LogP contribution in [0.3, 0.4) is 0 Å². The number of allylic oxidation sites excluding steroid dienone is 1. The minimum absolute atomic E-state index is 0.129. The van der Waals surface area contributed by atoms with Crippen LogP contribution in [0.4, 0.5) is 13.2 Å². The topological polar surface area (TPSA) is 46.5 Å². The first-order valence-corrected chi connectivity index (χ1v) is 13.9. The summed E-state index contributed by atoms with van der Waals surface area (Å²) in [5.41, 5.74) is 1.21. The Morgan fingerprint density at radius 2 is 1.88 bits per heavy atom. The van der Waals surface area contributed by atoms with Gasteiger partial charge in [-0.25, -0.2) is 0 Å². The number of hydrogen-bond donors (Lipinski definition) is 1. The molecule has 0 amide bonds. The van der Waals surface area contributed by atoms with E-state index in [0.717, 1.165) is 38.5 Å². The standard InChI is InChI=1S/C26H41F3O3S/c1-17(26(27,28)29)6-5-7-18-9-11-21-20-10-8-19-16-23(2,32-33(30)31)14-15-25(19,4)22(20)12-13-24(18,21)3/h8,17-18,20-22H,5-7,9-16H2,1-4H3,(H,30,31)/t17?,18?,20?,21?,22?,23-,24?,25?/m0/s1. The molecule has 0 aromatic carbocycles. The number of fused-ring (bicyclic) bond motifs is 5. The second-order valence-corrected chi connectivity index (χ2v) is 13.0. The minimum atomic E-state index is -4.07. The van der Waals surface area contributed by atoms with Gasteiger partial charge in [0.15, 0.2) is 0 Å². The number of rotatable bonds is 6. The van der Waals surface area contributed by atoms with Crippen molar-refractivity contribution in [3.05, 3.63) is 11.6 Å². The normalized spacial score (nSPS) is 44.9. The third-order valence-corrected chi connectivity index (χ3v) is 11.1. The van der Waals surface area contributed by atoms with Gasteiger partial charge < -0.3 is 0 Å². The quantitative estimate of drug-likeness (QED) is 0.305. The molecule has 8 unspecified atom stereocenters. The minimum Gasteiger partial charge on any atom is -0.284 e. The lowest BCUT2D eigenvalue weighted by molar-refractivity contribution is -0.171. The summed E-state index contributed by atoms with van der Waals surface area (Å²) in [7, 11) is 0. The molecule has 0 bridgehead atoms. The molecule has 9 atom stereocenters. The molecule has 33 heavy (non-hydrogen) atoms. The van der Waals surface area contributed by atoms with E-state index in [2.05, 4.69) is 19.9 Å². The predicted molar refractivity (Wildman–Crippen MR) is 125 cm³/mol. The maximum Gasteiger partial charge on any atom is 0.391 e. The van der Waals surface area contributed by atoms with Crippen molar-refractivity contribution in [3.8, 4) is 0 Å². The Kier molecular flexibility index (Phi) is 6.94. The van der Waals surface area contributed by atoms with Gasteiger partial charge in [-0.15, -0.1) is 0 Å². The molecule has 4 rings (SSSR count). The van der Waals surface area contributed by atoms with Gasteiger partial charge in [-0.2, -0.15) is 17.4 Å². The van der Waals surface area contributed by atoms with Crippen LogP contribution in [-0.2, 0) is 15.5 Å². The van der Waals surface area contributed by atoms with Crippen molar-refractivity contribution in [2.45, 2.75) is 110 Å². The molecular formula is C26H41F3O3S. The maximum atomic E-state index is 12.9. The Balaban J connectivity index is 1.44. The van der Waals surface area contributed by atoms with E-state index in [1.165, 1.54) is 31.8 Å². The number of alkyl halides is 3. The fourth-order valence-corrected chi connectivity index (χ4v) is 8.94. The summed E-state index contributed by atoms with van der Waals surface area (Å²) < 4.78 is 64.7. The summed E-state index contributed by atoms with van der Waals surface area (Å²) in [6.07, 6.45) is 8.47. The Morgan fingerprint density at radius 3 is 2.55 bits per heavy atom. The van der Waals surface area contributed by atoms with Crippen molar-refractivity contribution in [1.82, 2.24) is 0 Å². The average molecular weight is 491 g/mol. The third kappa shape index (κ3) is 4.72. The molecular weight excluding hydrogens is 449 g/mol. The van der Waals surface area contributed by atoms with E-state index in [4.69, 9.17) is 4.18 Å². The van der Waals surface area contributed by atoms with Gasteiger partial charge in [0.05, 0.1) is 11.5 Å². The first-order valence-electron chi connectivity index (χ1n) is 12.8. The smallest absolute Gasteiger partial charge is 0.284 e. The summed E-state index contributed by atoms with van der Waals surface area (Å²) in [5.74, 6) is 1.27. The molecule has 0 aliphatic heterocycles. The molecule has 0 aromatic rings. The molecule has 7 heteroatoms. The third-order valence-electron chi connectivity index (χ3n) is 10.6. The molecule has 3 fully saturated rings. The predicted octanol–water partition coefficient (Wildman–Crippen LogP) is 7.85. The lowest BCUT2D eigenvalue weighted by Gasteiger charge is -2.59. The van der Waals surface area contributed by atoms with Crippen LogP contribution in [0.5, 0.6) is 0 Å². The molecule has 0 saturated heterocycles. The fraction of sp³-hybridized carbons (Fsp3) is 0.923. The molecule has 0 spiro atoms. The van der Waals surface area contributed by atoms with Crippen LogP contribution in [0.2, 0.25) is 0 Å². The Morgan fingerprint density at radius 1 is 1.15 bits per heavy atom. The monoisotopic (exact) mass is 490 g/mol. The zero-order valence-electron chi connectivity index (χ0n) is 20.5. The zero-order chi connectivity index (χ0) is 24.2. The van der Waals surface area contributed by atoms with Crippen molar-refractivity contribution < 1.29 is 26.1 Å². The van der Waals surface area contributed by atoms with E-state index in [0.29, 0.717) is 30.1 Å². The molecule has 3 saturated carbocycles. The molecule has 0 heterocycles. The van der Waals surface area contributed by atoms with Crippen LogP contribution in [0, 0.1) is 40.4 Å². The van der Waals surface area contributed by atoms with Crippen LogP contribution in [0.25, 0.3) is 0 Å².